The Morgan fingerprint density at radius 1 is 1.64 bits per heavy atom. The summed E-state index contributed by atoms with van der Waals surface area (Å²) in [6, 6.07) is 0.684. The Morgan fingerprint density at radius 3 is 3.07 bits per heavy atom. The highest BCUT2D eigenvalue weighted by molar-refractivity contribution is 8.00. The zero-order valence-electron chi connectivity index (χ0n) is 8.62. The number of thioether (sulfide) groups is 1. The SMILES string of the molecule is Cc1csc(CNC2CCSC2C)n1. The molecule has 78 valence electrons. The van der Waals surface area contributed by atoms with Crippen LogP contribution in [0.25, 0.3) is 0 Å². The molecule has 2 atom stereocenters. The van der Waals surface area contributed by atoms with Crippen molar-refractivity contribution in [1.82, 2.24) is 10.3 Å². The van der Waals surface area contributed by atoms with Crippen molar-refractivity contribution in [2.24, 2.45) is 0 Å². The molecule has 1 N–H and O–H groups in total. The van der Waals surface area contributed by atoms with E-state index >= 15 is 0 Å². The Kier molecular flexibility index (Phi) is 3.47. The maximum atomic E-state index is 4.45. The summed E-state index contributed by atoms with van der Waals surface area (Å²) in [6.45, 7) is 5.30. The van der Waals surface area contributed by atoms with E-state index in [9.17, 15) is 0 Å². The fourth-order valence-electron chi connectivity index (χ4n) is 1.70. The second-order valence-electron chi connectivity index (χ2n) is 3.73. The van der Waals surface area contributed by atoms with Gasteiger partial charge in [0.1, 0.15) is 5.01 Å². The number of aryl methyl sites for hydroxylation is 1. The van der Waals surface area contributed by atoms with Crippen molar-refractivity contribution >= 4 is 23.1 Å². The number of nitrogens with one attached hydrogen (secondary N) is 1. The monoisotopic (exact) mass is 228 g/mol. The average molecular weight is 228 g/mol. The van der Waals surface area contributed by atoms with Gasteiger partial charge in [0, 0.05) is 28.9 Å². The molecular weight excluding hydrogens is 212 g/mol. The van der Waals surface area contributed by atoms with Gasteiger partial charge < -0.3 is 5.32 Å². The Hall–Kier alpha value is -0.0600. The van der Waals surface area contributed by atoms with Gasteiger partial charge in [0.25, 0.3) is 0 Å². The van der Waals surface area contributed by atoms with Crippen molar-refractivity contribution in [2.75, 3.05) is 5.75 Å². The van der Waals surface area contributed by atoms with Crippen LogP contribution in [0.15, 0.2) is 5.38 Å². The number of aromatic nitrogens is 1. The molecule has 0 spiro atoms. The van der Waals surface area contributed by atoms with Crippen LogP contribution in [0, 0.1) is 6.92 Å². The van der Waals surface area contributed by atoms with Crippen LogP contribution in [0.5, 0.6) is 0 Å². The third kappa shape index (κ3) is 2.49. The van der Waals surface area contributed by atoms with Crippen LogP contribution in [-0.2, 0) is 6.54 Å². The molecule has 2 nitrogen and oxygen atoms in total. The molecule has 1 fully saturated rings. The lowest BCUT2D eigenvalue weighted by Crippen LogP contribution is -2.32. The Bertz CT molecular complexity index is 298. The summed E-state index contributed by atoms with van der Waals surface area (Å²) in [5, 5.41) is 7.68. The first-order valence-electron chi connectivity index (χ1n) is 5.01. The zero-order valence-corrected chi connectivity index (χ0v) is 10.3. The van der Waals surface area contributed by atoms with Crippen molar-refractivity contribution in [1.29, 1.82) is 0 Å². The minimum Gasteiger partial charge on any atom is -0.307 e. The third-order valence-electron chi connectivity index (χ3n) is 2.56. The summed E-state index contributed by atoms with van der Waals surface area (Å²) in [7, 11) is 0. The number of thiazole rings is 1. The van der Waals surface area contributed by atoms with Gasteiger partial charge in [-0.3, -0.25) is 0 Å². The van der Waals surface area contributed by atoms with E-state index in [2.05, 4.69) is 34.4 Å². The lowest BCUT2D eigenvalue weighted by atomic mass is 10.2. The number of hydrogen-bond donors (Lipinski definition) is 1. The molecule has 4 heteroatoms. The molecule has 0 aliphatic carbocycles. The minimum absolute atomic E-state index is 0.684. The molecule has 0 radical (unpaired) electrons. The predicted molar refractivity (Wildman–Crippen MR) is 64.0 cm³/mol. The molecule has 2 rings (SSSR count). The molecule has 0 amide bonds. The van der Waals surface area contributed by atoms with E-state index < -0.39 is 0 Å². The van der Waals surface area contributed by atoms with Crippen molar-refractivity contribution in [3.8, 4) is 0 Å². The van der Waals surface area contributed by atoms with Crippen molar-refractivity contribution in [2.45, 2.75) is 38.1 Å². The van der Waals surface area contributed by atoms with Gasteiger partial charge >= 0.3 is 0 Å². The van der Waals surface area contributed by atoms with E-state index in [1.54, 1.807) is 11.3 Å². The summed E-state index contributed by atoms with van der Waals surface area (Å²) < 4.78 is 0. The number of rotatable bonds is 3. The zero-order chi connectivity index (χ0) is 9.97. The first kappa shape index (κ1) is 10.5. The smallest absolute Gasteiger partial charge is 0.107 e. The molecule has 0 saturated carbocycles. The van der Waals surface area contributed by atoms with Gasteiger partial charge in [0.05, 0.1) is 0 Å². The van der Waals surface area contributed by atoms with E-state index in [0.29, 0.717) is 6.04 Å². The molecular formula is C10H16N2S2. The van der Waals surface area contributed by atoms with Crippen LogP contribution in [0.4, 0.5) is 0 Å². The van der Waals surface area contributed by atoms with E-state index in [1.807, 2.05) is 6.92 Å². The highest BCUT2D eigenvalue weighted by Gasteiger charge is 2.23. The first-order chi connectivity index (χ1) is 6.75. The fraction of sp³-hybridized carbons (Fsp3) is 0.700. The van der Waals surface area contributed by atoms with Crippen molar-refractivity contribution in [3.63, 3.8) is 0 Å². The van der Waals surface area contributed by atoms with Gasteiger partial charge in [-0.2, -0.15) is 11.8 Å². The second kappa shape index (κ2) is 4.64. The second-order valence-corrected chi connectivity index (χ2v) is 6.16. The summed E-state index contributed by atoms with van der Waals surface area (Å²) in [5.41, 5.74) is 1.14. The molecule has 1 aromatic heterocycles. The molecule has 14 heavy (non-hydrogen) atoms. The van der Waals surface area contributed by atoms with Crippen LogP contribution in [0.1, 0.15) is 24.0 Å². The molecule has 0 aromatic carbocycles. The first-order valence-corrected chi connectivity index (χ1v) is 6.94. The summed E-state index contributed by atoms with van der Waals surface area (Å²) in [6.07, 6.45) is 1.30. The van der Waals surface area contributed by atoms with Gasteiger partial charge in [0.2, 0.25) is 0 Å². The maximum Gasteiger partial charge on any atom is 0.107 e. The molecule has 0 bridgehead atoms. The number of hydrogen-bond acceptors (Lipinski definition) is 4. The highest BCUT2D eigenvalue weighted by Crippen LogP contribution is 2.26. The van der Waals surface area contributed by atoms with Crippen LogP contribution < -0.4 is 5.32 Å². The lowest BCUT2D eigenvalue weighted by molar-refractivity contribution is 0.512. The molecule has 1 aromatic rings. The largest absolute Gasteiger partial charge is 0.307 e. The molecule has 1 aliphatic heterocycles. The van der Waals surface area contributed by atoms with E-state index in [1.165, 1.54) is 17.2 Å². The molecule has 2 unspecified atom stereocenters. The normalized spacial score (nSPS) is 27.0. The topological polar surface area (TPSA) is 24.9 Å². The highest BCUT2D eigenvalue weighted by atomic mass is 32.2. The molecule has 1 aliphatic rings. The summed E-state index contributed by atoms with van der Waals surface area (Å²) >= 11 is 3.82. The summed E-state index contributed by atoms with van der Waals surface area (Å²) in [5.74, 6) is 1.30. The van der Waals surface area contributed by atoms with Gasteiger partial charge in [-0.25, -0.2) is 4.98 Å². The van der Waals surface area contributed by atoms with Crippen LogP contribution in [-0.4, -0.2) is 22.0 Å². The van der Waals surface area contributed by atoms with Crippen LogP contribution in [0.2, 0.25) is 0 Å². The van der Waals surface area contributed by atoms with Crippen LogP contribution in [0.3, 0.4) is 0 Å². The predicted octanol–water partition coefficient (Wildman–Crippen LogP) is 2.44. The minimum atomic E-state index is 0.684. The molecule has 1 saturated heterocycles. The Labute approximate surface area is 93.5 Å². The maximum absolute atomic E-state index is 4.45. The van der Waals surface area contributed by atoms with E-state index in [-0.39, 0.29) is 0 Å². The summed E-state index contributed by atoms with van der Waals surface area (Å²) in [4.78, 5) is 4.45. The van der Waals surface area contributed by atoms with E-state index in [0.717, 1.165) is 17.5 Å². The Balaban J connectivity index is 1.82. The van der Waals surface area contributed by atoms with Gasteiger partial charge in [0.15, 0.2) is 0 Å². The van der Waals surface area contributed by atoms with Gasteiger partial charge in [-0.05, 0) is 19.1 Å². The third-order valence-corrected chi connectivity index (χ3v) is 4.85. The van der Waals surface area contributed by atoms with Crippen molar-refractivity contribution in [3.05, 3.63) is 16.1 Å². The van der Waals surface area contributed by atoms with Crippen LogP contribution >= 0.6 is 23.1 Å². The van der Waals surface area contributed by atoms with Crippen molar-refractivity contribution < 1.29 is 0 Å². The Morgan fingerprint density at radius 2 is 2.50 bits per heavy atom. The standard InChI is InChI=1S/C10H16N2S2/c1-7-6-14-10(12-7)5-11-9-3-4-13-8(9)2/h6,8-9,11H,3-5H2,1-2H3. The fourth-order valence-corrected chi connectivity index (χ4v) is 3.65. The van der Waals surface area contributed by atoms with E-state index in [4.69, 9.17) is 0 Å². The quantitative estimate of drug-likeness (QED) is 0.860. The average Bonchev–Trinajstić information content (AvgIpc) is 2.72. The molecule has 2 heterocycles. The number of nitrogens with zero attached hydrogens (tertiary/aromatic N) is 1. The lowest BCUT2D eigenvalue weighted by Gasteiger charge is -2.15. The van der Waals surface area contributed by atoms with Gasteiger partial charge in [-0.1, -0.05) is 6.92 Å². The van der Waals surface area contributed by atoms with Gasteiger partial charge in [-0.15, -0.1) is 11.3 Å².